The maximum Gasteiger partial charge on any atom is 0.209 e. The average Bonchev–Trinajstić information content (AvgIpc) is 2.45. The molecule has 20 heavy (non-hydrogen) atoms. The van der Waals surface area contributed by atoms with Crippen LogP contribution in [-0.4, -0.2) is 24.0 Å². The molecular weight excluding hydrogens is 292 g/mol. The first-order valence-electron chi connectivity index (χ1n) is 6.76. The van der Waals surface area contributed by atoms with Crippen LogP contribution in [0.2, 0.25) is 5.02 Å². The number of nitrogens with one attached hydrogen (secondary N) is 1. The molecule has 0 saturated heterocycles. The molecule has 108 valence electrons. The van der Waals surface area contributed by atoms with E-state index in [1.54, 1.807) is 0 Å². The molecule has 1 aromatic rings. The van der Waals surface area contributed by atoms with Crippen molar-refractivity contribution < 1.29 is 0 Å². The van der Waals surface area contributed by atoms with Gasteiger partial charge in [0, 0.05) is 34.2 Å². The summed E-state index contributed by atoms with van der Waals surface area (Å²) in [6.07, 6.45) is 3.04. The Morgan fingerprint density at radius 2 is 2.35 bits per heavy atom. The number of hydrogen-bond donors (Lipinski definition) is 2. The molecule has 0 aliphatic carbocycles. The fourth-order valence-electron chi connectivity index (χ4n) is 1.88. The average molecular weight is 311 g/mol. The standard InChI is InChI=1S/C14H19ClN4S/c1-2-3-7-17-14(16)19-18-12-6-8-20-13-5-4-10(15)9-11(12)13/h4-5,9H,2-3,6-8H2,1H3,(H3,16,17,19)/b18-12-. The van der Waals surface area contributed by atoms with Gasteiger partial charge in [0.2, 0.25) is 5.96 Å². The van der Waals surface area contributed by atoms with Gasteiger partial charge in [0.15, 0.2) is 0 Å². The van der Waals surface area contributed by atoms with Gasteiger partial charge in [-0.25, -0.2) is 5.43 Å². The number of benzene rings is 1. The lowest BCUT2D eigenvalue weighted by Gasteiger charge is -2.17. The van der Waals surface area contributed by atoms with Crippen molar-refractivity contribution in [2.45, 2.75) is 31.1 Å². The molecule has 0 fully saturated rings. The summed E-state index contributed by atoms with van der Waals surface area (Å²) in [5, 5.41) is 5.11. The topological polar surface area (TPSA) is 62.8 Å². The van der Waals surface area contributed by atoms with Crippen molar-refractivity contribution in [1.29, 1.82) is 0 Å². The van der Waals surface area contributed by atoms with E-state index in [2.05, 4.69) is 22.4 Å². The van der Waals surface area contributed by atoms with E-state index in [1.165, 1.54) is 4.90 Å². The fourth-order valence-corrected chi connectivity index (χ4v) is 3.06. The molecule has 0 unspecified atom stereocenters. The van der Waals surface area contributed by atoms with Gasteiger partial charge in [-0.15, -0.1) is 11.8 Å². The maximum absolute atomic E-state index is 6.06. The molecule has 4 nitrogen and oxygen atoms in total. The smallest absolute Gasteiger partial charge is 0.209 e. The van der Waals surface area contributed by atoms with Gasteiger partial charge in [0.1, 0.15) is 0 Å². The number of aliphatic imine (C=N–C) groups is 1. The van der Waals surface area contributed by atoms with Crippen LogP contribution in [0.3, 0.4) is 0 Å². The Morgan fingerprint density at radius 3 is 3.15 bits per heavy atom. The Hall–Kier alpha value is -1.20. The molecule has 6 heteroatoms. The molecule has 0 saturated carbocycles. The van der Waals surface area contributed by atoms with Crippen LogP contribution < -0.4 is 11.2 Å². The van der Waals surface area contributed by atoms with Crippen molar-refractivity contribution in [2.75, 3.05) is 12.3 Å². The molecule has 1 aromatic carbocycles. The number of thioether (sulfide) groups is 1. The van der Waals surface area contributed by atoms with Crippen LogP contribution in [0.25, 0.3) is 0 Å². The predicted octanol–water partition coefficient (Wildman–Crippen LogP) is 3.24. The number of guanidine groups is 1. The summed E-state index contributed by atoms with van der Waals surface area (Å²) in [5.74, 6) is 1.38. The van der Waals surface area contributed by atoms with Crippen LogP contribution in [-0.2, 0) is 0 Å². The van der Waals surface area contributed by atoms with E-state index in [-0.39, 0.29) is 0 Å². The van der Waals surface area contributed by atoms with E-state index >= 15 is 0 Å². The monoisotopic (exact) mass is 310 g/mol. The van der Waals surface area contributed by atoms with Crippen LogP contribution in [0.1, 0.15) is 31.7 Å². The third kappa shape index (κ3) is 4.15. The van der Waals surface area contributed by atoms with Crippen molar-refractivity contribution in [2.24, 2.45) is 15.8 Å². The SMILES string of the molecule is CCCCN=C(N)N/N=C1/CCSc2ccc(Cl)cc21. The Morgan fingerprint density at radius 1 is 1.50 bits per heavy atom. The highest BCUT2D eigenvalue weighted by Crippen LogP contribution is 2.31. The summed E-state index contributed by atoms with van der Waals surface area (Å²) in [4.78, 5) is 5.43. The van der Waals surface area contributed by atoms with Gasteiger partial charge in [-0.3, -0.25) is 4.99 Å². The molecule has 0 spiro atoms. The number of halogens is 1. The quantitative estimate of drug-likeness (QED) is 0.388. The number of unbranched alkanes of at least 4 members (excludes halogenated alkanes) is 1. The van der Waals surface area contributed by atoms with Gasteiger partial charge in [-0.1, -0.05) is 24.9 Å². The first kappa shape index (κ1) is 15.2. The molecule has 0 atom stereocenters. The minimum absolute atomic E-state index is 0.368. The molecule has 3 N–H and O–H groups in total. The summed E-state index contributed by atoms with van der Waals surface area (Å²) in [6, 6.07) is 5.90. The van der Waals surface area contributed by atoms with Crippen molar-refractivity contribution >= 4 is 35.0 Å². The number of rotatable bonds is 4. The highest BCUT2D eigenvalue weighted by atomic mass is 35.5. The van der Waals surface area contributed by atoms with E-state index in [9.17, 15) is 0 Å². The van der Waals surface area contributed by atoms with Crippen molar-refractivity contribution in [3.63, 3.8) is 0 Å². The van der Waals surface area contributed by atoms with Gasteiger partial charge in [-0.2, -0.15) is 5.10 Å². The zero-order valence-corrected chi connectivity index (χ0v) is 13.1. The van der Waals surface area contributed by atoms with E-state index in [0.717, 1.165) is 47.9 Å². The maximum atomic E-state index is 6.06. The second kappa shape index (κ2) is 7.55. The Kier molecular flexibility index (Phi) is 5.73. The van der Waals surface area contributed by atoms with E-state index < -0.39 is 0 Å². The number of fused-ring (bicyclic) bond motifs is 1. The Bertz CT molecular complexity index is 528. The minimum Gasteiger partial charge on any atom is -0.369 e. The number of hydrogen-bond acceptors (Lipinski definition) is 3. The van der Waals surface area contributed by atoms with Gasteiger partial charge < -0.3 is 5.73 Å². The number of hydrazone groups is 1. The van der Waals surface area contributed by atoms with E-state index in [4.69, 9.17) is 17.3 Å². The highest BCUT2D eigenvalue weighted by molar-refractivity contribution is 7.99. The van der Waals surface area contributed by atoms with Crippen LogP contribution in [0.5, 0.6) is 0 Å². The normalized spacial score (nSPS) is 17.1. The van der Waals surface area contributed by atoms with Gasteiger partial charge in [0.25, 0.3) is 0 Å². The zero-order chi connectivity index (χ0) is 14.4. The summed E-state index contributed by atoms with van der Waals surface area (Å²) in [5.41, 5.74) is 10.7. The lowest BCUT2D eigenvalue weighted by molar-refractivity contribution is 0.799. The van der Waals surface area contributed by atoms with Crippen molar-refractivity contribution in [3.05, 3.63) is 28.8 Å². The van der Waals surface area contributed by atoms with Gasteiger partial charge >= 0.3 is 0 Å². The molecule has 1 heterocycles. The summed E-state index contributed by atoms with van der Waals surface area (Å²) < 4.78 is 0. The van der Waals surface area contributed by atoms with Crippen molar-refractivity contribution in [1.82, 2.24) is 5.43 Å². The lowest BCUT2D eigenvalue weighted by Crippen LogP contribution is -2.29. The Labute approximate surface area is 128 Å². The predicted molar refractivity (Wildman–Crippen MR) is 87.9 cm³/mol. The van der Waals surface area contributed by atoms with Crippen LogP contribution in [0.4, 0.5) is 0 Å². The molecule has 1 aliphatic heterocycles. The number of nitrogens with zero attached hydrogens (tertiary/aromatic N) is 2. The molecular formula is C14H19ClN4S. The van der Waals surface area contributed by atoms with E-state index in [1.807, 2.05) is 30.0 Å². The van der Waals surface area contributed by atoms with E-state index in [0.29, 0.717) is 5.96 Å². The minimum atomic E-state index is 0.368. The fraction of sp³-hybridized carbons (Fsp3) is 0.429. The number of nitrogens with two attached hydrogens (primary N) is 1. The summed E-state index contributed by atoms with van der Waals surface area (Å²) in [6.45, 7) is 2.86. The molecule has 0 bridgehead atoms. The Balaban J connectivity index is 2.08. The first-order valence-corrected chi connectivity index (χ1v) is 8.12. The highest BCUT2D eigenvalue weighted by Gasteiger charge is 2.16. The van der Waals surface area contributed by atoms with Crippen molar-refractivity contribution in [3.8, 4) is 0 Å². The molecule has 0 radical (unpaired) electrons. The van der Waals surface area contributed by atoms with Gasteiger partial charge in [0.05, 0.1) is 5.71 Å². The third-order valence-corrected chi connectivity index (χ3v) is 4.26. The lowest BCUT2D eigenvalue weighted by atomic mass is 10.1. The zero-order valence-electron chi connectivity index (χ0n) is 11.5. The molecule has 0 amide bonds. The first-order chi connectivity index (χ1) is 9.70. The third-order valence-electron chi connectivity index (χ3n) is 2.95. The molecule has 2 rings (SSSR count). The van der Waals surface area contributed by atoms with Crippen LogP contribution >= 0.6 is 23.4 Å². The largest absolute Gasteiger partial charge is 0.369 e. The molecule has 1 aliphatic rings. The van der Waals surface area contributed by atoms with Crippen LogP contribution in [0.15, 0.2) is 33.2 Å². The van der Waals surface area contributed by atoms with Gasteiger partial charge in [-0.05, 0) is 24.6 Å². The summed E-state index contributed by atoms with van der Waals surface area (Å²) in [7, 11) is 0. The second-order valence-electron chi connectivity index (χ2n) is 4.53. The second-order valence-corrected chi connectivity index (χ2v) is 6.10. The van der Waals surface area contributed by atoms with Crippen LogP contribution in [0, 0.1) is 0 Å². The summed E-state index contributed by atoms with van der Waals surface area (Å²) >= 11 is 7.88. The molecule has 0 aromatic heterocycles.